The van der Waals surface area contributed by atoms with Crippen LogP contribution >= 0.6 is 11.8 Å². The maximum Gasteiger partial charge on any atom is 0.416 e. The molecule has 0 saturated heterocycles. The molecule has 4 bridgehead atoms. The molecule has 0 spiro atoms. The van der Waals surface area contributed by atoms with E-state index < -0.39 is 11.7 Å². The van der Waals surface area contributed by atoms with E-state index in [0.717, 1.165) is 48.2 Å². The monoisotopic (exact) mass is 383 g/mol. The lowest BCUT2D eigenvalue weighted by Gasteiger charge is -2.56. The fourth-order valence-electron chi connectivity index (χ4n) is 5.75. The van der Waals surface area contributed by atoms with E-state index in [9.17, 15) is 18.0 Å². The number of alkyl halides is 3. The first-order valence-corrected chi connectivity index (χ1v) is 10.4. The fourth-order valence-corrected chi connectivity index (χ4v) is 6.54. The topological polar surface area (TPSA) is 29.1 Å². The van der Waals surface area contributed by atoms with Gasteiger partial charge >= 0.3 is 6.18 Å². The Labute approximate surface area is 156 Å². The van der Waals surface area contributed by atoms with Gasteiger partial charge in [0.1, 0.15) is 0 Å². The molecule has 6 heteroatoms. The van der Waals surface area contributed by atoms with Crippen molar-refractivity contribution in [1.29, 1.82) is 0 Å². The molecule has 0 aliphatic heterocycles. The van der Waals surface area contributed by atoms with Gasteiger partial charge in [0.05, 0.1) is 11.3 Å². The van der Waals surface area contributed by atoms with E-state index in [1.165, 1.54) is 44.6 Å². The zero-order chi connectivity index (χ0) is 18.4. The summed E-state index contributed by atoms with van der Waals surface area (Å²) in [4.78, 5) is 12.7. The normalized spacial score (nSPS) is 32.7. The van der Waals surface area contributed by atoms with Crippen LogP contribution in [0.15, 0.2) is 29.2 Å². The highest BCUT2D eigenvalue weighted by molar-refractivity contribution is 8.00. The molecule has 142 valence electrons. The Morgan fingerprint density at radius 1 is 1.12 bits per heavy atom. The molecule has 0 atom stereocenters. The quantitative estimate of drug-likeness (QED) is 0.714. The third-order valence-electron chi connectivity index (χ3n) is 6.36. The molecule has 0 aromatic heterocycles. The number of thioether (sulfide) groups is 1. The van der Waals surface area contributed by atoms with Crippen LogP contribution in [-0.2, 0) is 11.0 Å². The van der Waals surface area contributed by atoms with Gasteiger partial charge in [-0.2, -0.15) is 13.2 Å². The summed E-state index contributed by atoms with van der Waals surface area (Å²) in [6.45, 7) is 0.735. The summed E-state index contributed by atoms with van der Waals surface area (Å²) >= 11 is 1.16. The lowest BCUT2D eigenvalue weighted by Crippen LogP contribution is -2.51. The first-order valence-electron chi connectivity index (χ1n) is 9.38. The average molecular weight is 383 g/mol. The number of hydrogen-bond donors (Lipinski definition) is 1. The maximum atomic E-state index is 12.8. The third-order valence-corrected chi connectivity index (χ3v) is 7.35. The van der Waals surface area contributed by atoms with Crippen LogP contribution in [0.1, 0.15) is 44.1 Å². The predicted molar refractivity (Wildman–Crippen MR) is 95.8 cm³/mol. The number of hydrogen-bond acceptors (Lipinski definition) is 2. The van der Waals surface area contributed by atoms with Crippen LogP contribution in [0.3, 0.4) is 0 Å². The SMILES string of the molecule is O=C(CSc1cccc(C(F)(F)F)c1)NCC12CC3CC(CC(C3)C1)C2. The summed E-state index contributed by atoms with van der Waals surface area (Å²) in [5, 5.41) is 3.07. The summed E-state index contributed by atoms with van der Waals surface area (Å²) < 4.78 is 38.3. The van der Waals surface area contributed by atoms with Crippen LogP contribution in [0.5, 0.6) is 0 Å². The molecule has 4 aliphatic carbocycles. The zero-order valence-electron chi connectivity index (χ0n) is 14.6. The molecule has 2 nitrogen and oxygen atoms in total. The lowest BCUT2D eigenvalue weighted by molar-refractivity contribution is -0.137. The highest BCUT2D eigenvalue weighted by Crippen LogP contribution is 2.59. The van der Waals surface area contributed by atoms with Crippen molar-refractivity contribution in [3.05, 3.63) is 29.8 Å². The van der Waals surface area contributed by atoms with Crippen molar-refractivity contribution in [1.82, 2.24) is 5.32 Å². The Morgan fingerprint density at radius 2 is 1.73 bits per heavy atom. The molecule has 5 rings (SSSR count). The van der Waals surface area contributed by atoms with Crippen molar-refractivity contribution < 1.29 is 18.0 Å². The predicted octanol–water partition coefficient (Wildman–Crippen LogP) is 5.13. The Kier molecular flexibility index (Phi) is 4.74. The molecule has 0 radical (unpaired) electrons. The van der Waals surface area contributed by atoms with Gasteiger partial charge in [0.15, 0.2) is 0 Å². The Morgan fingerprint density at radius 3 is 2.31 bits per heavy atom. The van der Waals surface area contributed by atoms with Crippen molar-refractivity contribution in [2.24, 2.45) is 23.2 Å². The molecule has 1 aromatic rings. The molecular weight excluding hydrogens is 359 g/mol. The van der Waals surface area contributed by atoms with Gasteiger partial charge in [0.25, 0.3) is 0 Å². The van der Waals surface area contributed by atoms with E-state index in [1.54, 1.807) is 6.07 Å². The smallest absolute Gasteiger partial charge is 0.355 e. The van der Waals surface area contributed by atoms with Gasteiger partial charge in [-0.15, -0.1) is 11.8 Å². The molecular formula is C20H24F3NOS. The van der Waals surface area contributed by atoms with E-state index in [2.05, 4.69) is 5.32 Å². The van der Waals surface area contributed by atoms with Crippen LogP contribution in [0.4, 0.5) is 13.2 Å². The first-order chi connectivity index (χ1) is 12.3. The highest BCUT2D eigenvalue weighted by atomic mass is 32.2. The highest BCUT2D eigenvalue weighted by Gasteiger charge is 2.50. The molecule has 4 fully saturated rings. The Bertz CT molecular complexity index is 653. The van der Waals surface area contributed by atoms with Crippen molar-refractivity contribution in [2.75, 3.05) is 12.3 Å². The first kappa shape index (κ1) is 18.2. The van der Waals surface area contributed by atoms with Crippen LogP contribution in [0, 0.1) is 23.2 Å². The van der Waals surface area contributed by atoms with Gasteiger partial charge < -0.3 is 5.32 Å². The summed E-state index contributed by atoms with van der Waals surface area (Å²) in [6.07, 6.45) is 3.48. The summed E-state index contributed by atoms with van der Waals surface area (Å²) in [7, 11) is 0. The molecule has 1 aromatic carbocycles. The summed E-state index contributed by atoms with van der Waals surface area (Å²) in [6, 6.07) is 5.17. The molecule has 0 heterocycles. The van der Waals surface area contributed by atoms with E-state index in [1.807, 2.05) is 0 Å². The van der Waals surface area contributed by atoms with Gasteiger partial charge in [-0.05, 0) is 79.9 Å². The van der Waals surface area contributed by atoms with Gasteiger partial charge in [0, 0.05) is 11.4 Å². The van der Waals surface area contributed by atoms with Crippen LogP contribution in [0.2, 0.25) is 0 Å². The van der Waals surface area contributed by atoms with Crippen LogP contribution in [0.25, 0.3) is 0 Å². The van der Waals surface area contributed by atoms with Gasteiger partial charge in [-0.3, -0.25) is 4.79 Å². The summed E-state index contributed by atoms with van der Waals surface area (Å²) in [5.41, 5.74) is -0.387. The minimum absolute atomic E-state index is 0.0804. The minimum Gasteiger partial charge on any atom is -0.355 e. The number of halogens is 3. The van der Waals surface area contributed by atoms with E-state index in [0.29, 0.717) is 4.90 Å². The van der Waals surface area contributed by atoms with Crippen molar-refractivity contribution in [2.45, 2.75) is 49.6 Å². The largest absolute Gasteiger partial charge is 0.416 e. The van der Waals surface area contributed by atoms with Gasteiger partial charge in [0.2, 0.25) is 5.91 Å². The molecule has 4 aliphatic rings. The van der Waals surface area contributed by atoms with Gasteiger partial charge in [-0.25, -0.2) is 0 Å². The van der Waals surface area contributed by atoms with E-state index in [4.69, 9.17) is 0 Å². The van der Waals surface area contributed by atoms with Crippen molar-refractivity contribution in [3.8, 4) is 0 Å². The second-order valence-corrected chi connectivity index (χ2v) is 9.56. The second kappa shape index (κ2) is 6.77. The standard InChI is InChI=1S/C20H24F3NOS/c21-20(22,23)16-2-1-3-17(7-16)26-11-18(25)24-12-19-8-13-4-14(9-19)6-15(5-13)10-19/h1-3,7,13-15H,4-6,8-12H2,(H,24,25). The Balaban J connectivity index is 1.29. The number of nitrogens with one attached hydrogen (secondary N) is 1. The molecule has 0 unspecified atom stereocenters. The molecule has 4 saturated carbocycles. The van der Waals surface area contributed by atoms with E-state index in [-0.39, 0.29) is 17.1 Å². The number of rotatable bonds is 5. The van der Waals surface area contributed by atoms with Crippen LogP contribution < -0.4 is 5.32 Å². The third kappa shape index (κ3) is 3.90. The van der Waals surface area contributed by atoms with E-state index >= 15 is 0 Å². The Hall–Kier alpha value is -1.17. The lowest BCUT2D eigenvalue weighted by atomic mass is 9.49. The average Bonchev–Trinajstić information content (AvgIpc) is 2.57. The molecule has 26 heavy (non-hydrogen) atoms. The number of benzene rings is 1. The molecule has 1 amide bonds. The number of amides is 1. The fraction of sp³-hybridized carbons (Fsp3) is 0.650. The second-order valence-electron chi connectivity index (χ2n) is 8.51. The zero-order valence-corrected chi connectivity index (χ0v) is 15.5. The van der Waals surface area contributed by atoms with Crippen molar-refractivity contribution >= 4 is 17.7 Å². The van der Waals surface area contributed by atoms with Gasteiger partial charge in [-0.1, -0.05) is 6.07 Å². The summed E-state index contributed by atoms with van der Waals surface area (Å²) in [5.74, 6) is 2.62. The minimum atomic E-state index is -4.35. The number of carbonyl (C=O) groups is 1. The van der Waals surface area contributed by atoms with Crippen LogP contribution in [-0.4, -0.2) is 18.2 Å². The molecule has 1 N–H and O–H groups in total. The van der Waals surface area contributed by atoms with Crippen molar-refractivity contribution in [3.63, 3.8) is 0 Å². The number of carbonyl (C=O) groups excluding carboxylic acids is 1. The maximum absolute atomic E-state index is 12.8.